The number of halogens is 1. The Kier molecular flexibility index (Phi) is 5.02. The average Bonchev–Trinajstić information content (AvgIpc) is 3.28. The molecule has 4 rings (SSSR count). The van der Waals surface area contributed by atoms with E-state index in [9.17, 15) is 0 Å². The molecule has 0 bridgehead atoms. The highest BCUT2D eigenvalue weighted by atomic mass is 35.5. The summed E-state index contributed by atoms with van der Waals surface area (Å²) in [6, 6.07) is 16.4. The normalized spacial score (nSPS) is 17.7. The van der Waals surface area contributed by atoms with E-state index in [-0.39, 0.29) is 6.23 Å². The molecule has 0 saturated carbocycles. The Labute approximate surface area is 158 Å². The van der Waals surface area contributed by atoms with E-state index in [2.05, 4.69) is 46.4 Å². The first-order valence-electron chi connectivity index (χ1n) is 8.73. The Hall–Kier alpha value is -2.21. The molecular formula is C20H21ClN4O. The van der Waals surface area contributed by atoms with Crippen LogP contribution in [0.2, 0.25) is 5.02 Å². The third kappa shape index (κ3) is 3.96. The minimum atomic E-state index is -0.143. The van der Waals surface area contributed by atoms with Crippen molar-refractivity contribution in [2.24, 2.45) is 0 Å². The Morgan fingerprint density at radius 2 is 1.73 bits per heavy atom. The molecule has 3 aromatic rings. The monoisotopic (exact) mass is 368 g/mol. The molecule has 0 N–H and O–H groups in total. The van der Waals surface area contributed by atoms with Crippen molar-refractivity contribution in [3.8, 4) is 0 Å². The topological polar surface area (TPSA) is 43.2 Å². The highest BCUT2D eigenvalue weighted by molar-refractivity contribution is 6.30. The number of hydrogen-bond acceptors (Lipinski definition) is 4. The summed E-state index contributed by atoms with van der Waals surface area (Å²) in [5.74, 6) is 0. The van der Waals surface area contributed by atoms with Gasteiger partial charge in [0.25, 0.3) is 0 Å². The third-order valence-corrected chi connectivity index (χ3v) is 4.81. The minimum absolute atomic E-state index is 0.143. The van der Waals surface area contributed by atoms with Crippen LogP contribution in [-0.2, 0) is 17.8 Å². The van der Waals surface area contributed by atoms with E-state index in [4.69, 9.17) is 16.3 Å². The second-order valence-electron chi connectivity index (χ2n) is 6.65. The lowest BCUT2D eigenvalue weighted by atomic mass is 10.1. The minimum Gasteiger partial charge on any atom is -0.356 e. The van der Waals surface area contributed by atoms with Crippen LogP contribution in [0.5, 0.6) is 0 Å². The molecule has 0 spiro atoms. The molecule has 26 heavy (non-hydrogen) atoms. The molecule has 1 aliphatic rings. The highest BCUT2D eigenvalue weighted by Crippen LogP contribution is 2.27. The summed E-state index contributed by atoms with van der Waals surface area (Å²) in [5, 5.41) is 9.33. The molecule has 1 atom stereocenters. The van der Waals surface area contributed by atoms with Crippen LogP contribution in [0.25, 0.3) is 0 Å². The smallest absolute Gasteiger partial charge is 0.157 e. The van der Waals surface area contributed by atoms with Crippen molar-refractivity contribution >= 4 is 11.6 Å². The molecule has 6 heteroatoms. The number of rotatable bonds is 5. The van der Waals surface area contributed by atoms with E-state index in [1.165, 1.54) is 11.1 Å². The summed E-state index contributed by atoms with van der Waals surface area (Å²) in [5.41, 5.74) is 4.53. The second kappa shape index (κ2) is 7.58. The molecule has 1 fully saturated rings. The van der Waals surface area contributed by atoms with Gasteiger partial charge >= 0.3 is 0 Å². The lowest BCUT2D eigenvalue weighted by Crippen LogP contribution is -2.23. The number of nitrogens with zero attached hydrogens (tertiary/aromatic N) is 4. The first-order chi connectivity index (χ1) is 12.7. The molecule has 2 heterocycles. The quantitative estimate of drug-likeness (QED) is 0.686. The molecule has 1 aliphatic heterocycles. The number of aromatic nitrogens is 3. The van der Waals surface area contributed by atoms with Gasteiger partial charge < -0.3 is 4.74 Å². The van der Waals surface area contributed by atoms with Crippen molar-refractivity contribution in [2.75, 3.05) is 13.2 Å². The van der Waals surface area contributed by atoms with E-state index < -0.39 is 0 Å². The van der Waals surface area contributed by atoms with Crippen molar-refractivity contribution in [1.29, 1.82) is 0 Å². The molecular weight excluding hydrogens is 348 g/mol. The predicted octanol–water partition coefficient (Wildman–Crippen LogP) is 3.82. The zero-order valence-electron chi connectivity index (χ0n) is 14.7. The van der Waals surface area contributed by atoms with Crippen molar-refractivity contribution in [1.82, 2.24) is 19.9 Å². The molecule has 0 amide bonds. The van der Waals surface area contributed by atoms with E-state index >= 15 is 0 Å². The molecule has 1 unspecified atom stereocenters. The van der Waals surface area contributed by atoms with Gasteiger partial charge in [0.2, 0.25) is 0 Å². The summed E-state index contributed by atoms with van der Waals surface area (Å²) in [6.07, 6.45) is 1.82. The van der Waals surface area contributed by atoms with E-state index in [0.29, 0.717) is 13.2 Å². The van der Waals surface area contributed by atoms with Gasteiger partial charge in [0.15, 0.2) is 6.23 Å². The second-order valence-corrected chi connectivity index (χ2v) is 7.08. The van der Waals surface area contributed by atoms with Crippen molar-refractivity contribution in [2.45, 2.75) is 26.2 Å². The summed E-state index contributed by atoms with van der Waals surface area (Å²) in [6.45, 7) is 5.21. The Bertz CT molecular complexity index is 860. The van der Waals surface area contributed by atoms with Gasteiger partial charge in [0.1, 0.15) is 5.69 Å². The van der Waals surface area contributed by atoms with Gasteiger partial charge in [-0.3, -0.25) is 4.90 Å². The number of hydrogen-bond donors (Lipinski definition) is 0. The van der Waals surface area contributed by atoms with Gasteiger partial charge in [-0.25, -0.2) is 4.68 Å². The van der Waals surface area contributed by atoms with Crippen LogP contribution >= 0.6 is 11.6 Å². The first-order valence-corrected chi connectivity index (χ1v) is 9.11. The molecule has 0 aliphatic carbocycles. The number of ether oxygens (including phenoxy) is 1. The fourth-order valence-electron chi connectivity index (χ4n) is 3.15. The summed E-state index contributed by atoms with van der Waals surface area (Å²) in [4.78, 5) is 2.29. The van der Waals surface area contributed by atoms with Gasteiger partial charge in [-0.2, -0.15) is 0 Å². The lowest BCUT2D eigenvalue weighted by Gasteiger charge is -2.21. The van der Waals surface area contributed by atoms with Crippen LogP contribution in [0, 0.1) is 6.92 Å². The van der Waals surface area contributed by atoms with Crippen LogP contribution in [-0.4, -0.2) is 33.0 Å². The fraction of sp³-hybridized carbons (Fsp3) is 0.300. The van der Waals surface area contributed by atoms with Crippen molar-refractivity contribution in [3.05, 3.63) is 82.1 Å². The SMILES string of the molecule is Cc1ccc(CN2CCOC2c2cn(Cc3ccc(Cl)cc3)nn2)cc1. The van der Waals surface area contributed by atoms with Crippen LogP contribution in [0.1, 0.15) is 28.6 Å². The Balaban J connectivity index is 1.45. The average molecular weight is 369 g/mol. The highest BCUT2D eigenvalue weighted by Gasteiger charge is 2.29. The first kappa shape index (κ1) is 17.2. The van der Waals surface area contributed by atoms with Crippen LogP contribution in [0.3, 0.4) is 0 Å². The largest absolute Gasteiger partial charge is 0.356 e. The lowest BCUT2D eigenvalue weighted by molar-refractivity contribution is 0.0252. The zero-order chi connectivity index (χ0) is 17.9. The van der Waals surface area contributed by atoms with Gasteiger partial charge in [-0.15, -0.1) is 5.10 Å². The van der Waals surface area contributed by atoms with E-state index in [1.807, 2.05) is 35.1 Å². The predicted molar refractivity (Wildman–Crippen MR) is 101 cm³/mol. The maximum Gasteiger partial charge on any atom is 0.157 e. The standard InChI is InChI=1S/C20H21ClN4O/c1-15-2-4-16(5-3-15)12-24-10-11-26-20(24)19-14-25(23-22-19)13-17-6-8-18(21)9-7-17/h2-9,14,20H,10-13H2,1H3. The Morgan fingerprint density at radius 1 is 1.04 bits per heavy atom. The number of benzene rings is 2. The molecule has 0 radical (unpaired) electrons. The summed E-state index contributed by atoms with van der Waals surface area (Å²) in [7, 11) is 0. The maximum absolute atomic E-state index is 5.94. The van der Waals surface area contributed by atoms with Gasteiger partial charge in [0, 0.05) is 18.1 Å². The van der Waals surface area contributed by atoms with E-state index in [0.717, 1.165) is 29.4 Å². The molecule has 2 aromatic carbocycles. The molecule has 5 nitrogen and oxygen atoms in total. The third-order valence-electron chi connectivity index (χ3n) is 4.56. The fourth-order valence-corrected chi connectivity index (χ4v) is 3.27. The van der Waals surface area contributed by atoms with Gasteiger partial charge in [-0.05, 0) is 30.2 Å². The molecule has 1 saturated heterocycles. The number of aryl methyl sites for hydroxylation is 1. The van der Waals surface area contributed by atoms with Gasteiger partial charge in [0.05, 0.1) is 19.3 Å². The van der Waals surface area contributed by atoms with E-state index in [1.54, 1.807) is 0 Å². The summed E-state index contributed by atoms with van der Waals surface area (Å²) < 4.78 is 7.76. The summed E-state index contributed by atoms with van der Waals surface area (Å²) >= 11 is 5.94. The van der Waals surface area contributed by atoms with Crippen LogP contribution in [0.15, 0.2) is 54.7 Å². The van der Waals surface area contributed by atoms with Crippen LogP contribution in [0.4, 0.5) is 0 Å². The van der Waals surface area contributed by atoms with Crippen molar-refractivity contribution < 1.29 is 4.74 Å². The maximum atomic E-state index is 5.94. The molecule has 1 aromatic heterocycles. The van der Waals surface area contributed by atoms with Crippen molar-refractivity contribution in [3.63, 3.8) is 0 Å². The molecule has 134 valence electrons. The Morgan fingerprint density at radius 3 is 2.50 bits per heavy atom. The van der Waals surface area contributed by atoms with Crippen LogP contribution < -0.4 is 0 Å². The zero-order valence-corrected chi connectivity index (χ0v) is 15.4. The van der Waals surface area contributed by atoms with Gasteiger partial charge in [-0.1, -0.05) is 58.8 Å².